The van der Waals surface area contributed by atoms with Crippen molar-refractivity contribution in [2.24, 2.45) is 0 Å². The maximum absolute atomic E-state index is 14.6. The Morgan fingerprint density at radius 1 is 1.19 bits per heavy atom. The van der Waals surface area contributed by atoms with Crippen LogP contribution in [0.1, 0.15) is 11.3 Å². The monoisotopic (exact) mass is 293 g/mol. The van der Waals surface area contributed by atoms with Crippen molar-refractivity contribution in [2.75, 3.05) is 6.61 Å². The zero-order valence-corrected chi connectivity index (χ0v) is 10.6. The Bertz CT molecular complexity index is 686. The summed E-state index contributed by atoms with van der Waals surface area (Å²) in [7, 11) is 5.41. The number of alkyl halides is 2. The molecule has 0 N–H and O–H groups in total. The van der Waals surface area contributed by atoms with E-state index in [0.29, 0.717) is 6.07 Å². The molecule has 1 aliphatic rings. The zero-order chi connectivity index (χ0) is 15.3. The molecule has 2 aromatic rings. The number of pyridine rings is 1. The fourth-order valence-corrected chi connectivity index (χ4v) is 2.19. The normalized spacial score (nSPS) is 21.3. The van der Waals surface area contributed by atoms with Crippen LogP contribution in [-0.4, -0.2) is 19.4 Å². The van der Waals surface area contributed by atoms with Gasteiger partial charge in [-0.2, -0.15) is 8.78 Å². The highest BCUT2D eigenvalue weighted by atomic mass is 19.3. The van der Waals surface area contributed by atoms with Crippen molar-refractivity contribution in [2.45, 2.75) is 11.5 Å². The summed E-state index contributed by atoms with van der Waals surface area (Å²) in [5.41, 5.74) is -2.91. The molecule has 21 heavy (non-hydrogen) atoms. The van der Waals surface area contributed by atoms with Crippen LogP contribution in [0.15, 0.2) is 36.5 Å². The largest absolute Gasteiger partial charge is 0.357 e. The summed E-state index contributed by atoms with van der Waals surface area (Å²) in [6.45, 7) is -0.380. The Morgan fingerprint density at radius 2 is 1.90 bits per heavy atom. The van der Waals surface area contributed by atoms with Crippen molar-refractivity contribution in [1.82, 2.24) is 4.98 Å². The average molecular weight is 293 g/mol. The molecule has 106 valence electrons. The van der Waals surface area contributed by atoms with Crippen LogP contribution in [0.5, 0.6) is 0 Å². The molecule has 1 saturated heterocycles. The average Bonchev–Trinajstić information content (AvgIpc) is 3.21. The Morgan fingerprint density at radius 3 is 2.43 bits per heavy atom. The van der Waals surface area contributed by atoms with E-state index in [1.165, 1.54) is 6.07 Å². The first-order valence-corrected chi connectivity index (χ1v) is 6.06. The van der Waals surface area contributed by atoms with Crippen LogP contribution >= 0.6 is 0 Å². The third-order valence-corrected chi connectivity index (χ3v) is 3.41. The van der Waals surface area contributed by atoms with Crippen molar-refractivity contribution in [3.8, 4) is 0 Å². The Balaban J connectivity index is 2.06. The maximum atomic E-state index is 14.6. The third kappa shape index (κ3) is 2.12. The molecule has 0 bridgehead atoms. The highest BCUT2D eigenvalue weighted by Gasteiger charge is 2.68. The minimum atomic E-state index is -3.57. The molecular formula is C14H8BF4NO. The van der Waals surface area contributed by atoms with Gasteiger partial charge in [0.1, 0.15) is 25.2 Å². The lowest BCUT2D eigenvalue weighted by molar-refractivity contribution is -0.0901. The van der Waals surface area contributed by atoms with Gasteiger partial charge in [0.05, 0.1) is 6.61 Å². The van der Waals surface area contributed by atoms with Gasteiger partial charge in [-0.25, -0.2) is 8.78 Å². The molecule has 3 rings (SSSR count). The first-order chi connectivity index (χ1) is 9.87. The lowest BCUT2D eigenvalue weighted by atomic mass is 9.89. The Hall–Kier alpha value is -1.89. The van der Waals surface area contributed by atoms with E-state index in [1.54, 1.807) is 0 Å². The number of halogens is 4. The number of hydrogen-bond donors (Lipinski definition) is 0. The number of aromatic nitrogens is 1. The van der Waals surface area contributed by atoms with Crippen LogP contribution in [0, 0.1) is 11.6 Å². The summed E-state index contributed by atoms with van der Waals surface area (Å²) in [6, 6.07) is 4.75. The van der Waals surface area contributed by atoms with E-state index in [1.807, 2.05) is 0 Å². The van der Waals surface area contributed by atoms with Crippen LogP contribution in [-0.2, 0) is 16.3 Å². The number of rotatable bonds is 3. The molecular weight excluding hydrogens is 285 g/mol. The number of nitrogens with zero attached hydrogens (tertiary/aromatic N) is 1. The fraction of sp³-hybridized carbons (Fsp3) is 0.214. The van der Waals surface area contributed by atoms with Crippen molar-refractivity contribution < 1.29 is 22.3 Å². The lowest BCUT2D eigenvalue weighted by Crippen LogP contribution is -2.34. The first kappa shape index (κ1) is 14.1. The smallest absolute Gasteiger partial charge is 0.324 e. The molecule has 0 saturated carbocycles. The van der Waals surface area contributed by atoms with E-state index in [0.717, 1.165) is 24.4 Å². The molecule has 1 aliphatic heterocycles. The highest BCUT2D eigenvalue weighted by molar-refractivity contribution is 6.32. The molecule has 1 aromatic heterocycles. The number of hydrogen-bond acceptors (Lipinski definition) is 2. The first-order valence-electron chi connectivity index (χ1n) is 6.06. The second kappa shape index (κ2) is 4.56. The van der Waals surface area contributed by atoms with Crippen molar-refractivity contribution >= 4 is 13.3 Å². The van der Waals surface area contributed by atoms with Crippen LogP contribution in [0.25, 0.3) is 0 Å². The van der Waals surface area contributed by atoms with E-state index < -0.39 is 34.4 Å². The van der Waals surface area contributed by atoms with Crippen molar-refractivity contribution in [3.63, 3.8) is 0 Å². The lowest BCUT2D eigenvalue weighted by Gasteiger charge is -2.24. The number of ether oxygens (including phenoxy) is 1. The zero-order valence-electron chi connectivity index (χ0n) is 10.6. The topological polar surface area (TPSA) is 25.4 Å². The van der Waals surface area contributed by atoms with Crippen molar-refractivity contribution in [3.05, 3.63) is 59.4 Å². The molecule has 2 heterocycles. The van der Waals surface area contributed by atoms with Gasteiger partial charge in [0, 0.05) is 17.8 Å². The second-order valence-corrected chi connectivity index (χ2v) is 4.79. The van der Waals surface area contributed by atoms with Gasteiger partial charge in [0.2, 0.25) is 0 Å². The summed E-state index contributed by atoms with van der Waals surface area (Å²) in [5, 5.41) is 0. The highest BCUT2D eigenvalue weighted by Crippen LogP contribution is 2.56. The van der Waals surface area contributed by atoms with E-state index in [9.17, 15) is 17.6 Å². The number of benzene rings is 1. The molecule has 0 aliphatic carbocycles. The SMILES string of the molecule is [B]c1ccc(C(F)(F)C2(c3ccc(F)cc3F)CO2)nc1. The van der Waals surface area contributed by atoms with Crippen LogP contribution < -0.4 is 5.46 Å². The predicted molar refractivity (Wildman–Crippen MR) is 67.5 cm³/mol. The van der Waals surface area contributed by atoms with E-state index in [4.69, 9.17) is 12.6 Å². The third-order valence-electron chi connectivity index (χ3n) is 3.41. The Kier molecular flexibility index (Phi) is 3.05. The quantitative estimate of drug-likeness (QED) is 0.492. The molecule has 0 spiro atoms. The van der Waals surface area contributed by atoms with Crippen LogP contribution in [0.3, 0.4) is 0 Å². The predicted octanol–water partition coefficient (Wildman–Crippen LogP) is 2.17. The van der Waals surface area contributed by atoms with Gasteiger partial charge >= 0.3 is 5.92 Å². The molecule has 2 radical (unpaired) electrons. The second-order valence-electron chi connectivity index (χ2n) is 4.79. The van der Waals surface area contributed by atoms with Gasteiger partial charge in [0.15, 0.2) is 5.60 Å². The minimum Gasteiger partial charge on any atom is -0.357 e. The summed E-state index contributed by atoms with van der Waals surface area (Å²) < 4.78 is 60.8. The maximum Gasteiger partial charge on any atom is 0.324 e. The van der Waals surface area contributed by atoms with Crippen LogP contribution in [0.2, 0.25) is 0 Å². The summed E-state index contributed by atoms with van der Waals surface area (Å²) >= 11 is 0. The molecule has 7 heteroatoms. The van der Waals surface area contributed by atoms with Gasteiger partial charge < -0.3 is 4.74 Å². The molecule has 2 nitrogen and oxygen atoms in total. The van der Waals surface area contributed by atoms with Crippen molar-refractivity contribution in [1.29, 1.82) is 0 Å². The molecule has 1 aromatic carbocycles. The van der Waals surface area contributed by atoms with Gasteiger partial charge in [-0.15, -0.1) is 0 Å². The molecule has 1 atom stereocenters. The molecule has 1 fully saturated rings. The summed E-state index contributed by atoms with van der Waals surface area (Å²) in [6.07, 6.45) is 1.08. The Labute approximate surface area is 119 Å². The fourth-order valence-electron chi connectivity index (χ4n) is 2.19. The van der Waals surface area contributed by atoms with Gasteiger partial charge in [0.25, 0.3) is 0 Å². The van der Waals surface area contributed by atoms with Gasteiger partial charge in [-0.05, 0) is 18.2 Å². The molecule has 1 unspecified atom stereocenters. The standard InChI is InChI=1S/C14H8BF4NO/c15-8-1-4-12(20-6-8)14(18,19)13(7-21-13)10-3-2-9(16)5-11(10)17/h1-6H,7H2. The number of epoxide rings is 1. The summed E-state index contributed by atoms with van der Waals surface area (Å²) in [5.74, 6) is -5.50. The summed E-state index contributed by atoms with van der Waals surface area (Å²) in [4.78, 5) is 3.58. The minimum absolute atomic E-state index is 0.230. The van der Waals surface area contributed by atoms with E-state index in [-0.39, 0.29) is 12.1 Å². The molecule has 0 amide bonds. The van der Waals surface area contributed by atoms with E-state index in [2.05, 4.69) is 4.98 Å². The van der Waals surface area contributed by atoms with Gasteiger partial charge in [-0.3, -0.25) is 4.98 Å². The van der Waals surface area contributed by atoms with E-state index >= 15 is 0 Å². The van der Waals surface area contributed by atoms with Gasteiger partial charge in [-0.1, -0.05) is 11.5 Å². The van der Waals surface area contributed by atoms with Crippen LogP contribution in [0.4, 0.5) is 17.6 Å².